The lowest BCUT2D eigenvalue weighted by atomic mass is 9.62. The fraction of sp³-hybridized carbons (Fsp3) is 0.500. The predicted molar refractivity (Wildman–Crippen MR) is 57.1 cm³/mol. The molecule has 0 radical (unpaired) electrons. The first kappa shape index (κ1) is 8.45. The van der Waals surface area contributed by atoms with Gasteiger partial charge < -0.3 is 11.5 Å². The maximum atomic E-state index is 6.15. The number of hydrogen-bond acceptors (Lipinski definition) is 2. The molecule has 0 saturated heterocycles. The molecule has 1 aromatic carbocycles. The van der Waals surface area contributed by atoms with Gasteiger partial charge in [-0.1, -0.05) is 24.3 Å². The normalized spacial score (nSPS) is 39.6. The van der Waals surface area contributed by atoms with Crippen LogP contribution >= 0.6 is 0 Å². The monoisotopic (exact) mass is 188 g/mol. The highest BCUT2D eigenvalue weighted by Gasteiger charge is 2.42. The number of nitrogens with two attached hydrogens (primary N) is 2. The van der Waals surface area contributed by atoms with Crippen molar-refractivity contribution in [3.63, 3.8) is 0 Å². The van der Waals surface area contributed by atoms with Crippen molar-refractivity contribution in [3.8, 4) is 0 Å². The molecule has 2 heteroatoms. The molecule has 4 N–H and O–H groups in total. The van der Waals surface area contributed by atoms with Crippen LogP contribution in [-0.4, -0.2) is 12.1 Å². The van der Waals surface area contributed by atoms with Crippen LogP contribution in [-0.2, 0) is 0 Å². The molecule has 14 heavy (non-hydrogen) atoms. The highest BCUT2D eigenvalue weighted by atomic mass is 14.8. The number of fused-ring (bicyclic) bond motifs is 2. The van der Waals surface area contributed by atoms with E-state index < -0.39 is 0 Å². The first-order chi connectivity index (χ1) is 6.79. The maximum absolute atomic E-state index is 6.15. The van der Waals surface area contributed by atoms with Crippen LogP contribution in [0, 0.1) is 0 Å². The van der Waals surface area contributed by atoms with Gasteiger partial charge >= 0.3 is 0 Å². The van der Waals surface area contributed by atoms with Gasteiger partial charge in [-0.25, -0.2) is 0 Å². The SMILES string of the molecule is NC1C2CCC(c3ccccc32)C1N. The largest absolute Gasteiger partial charge is 0.326 e. The Morgan fingerprint density at radius 1 is 0.857 bits per heavy atom. The third-order valence-electron chi connectivity index (χ3n) is 3.96. The van der Waals surface area contributed by atoms with E-state index >= 15 is 0 Å². The molecule has 1 fully saturated rings. The second-order valence-corrected chi connectivity index (χ2v) is 4.57. The van der Waals surface area contributed by atoms with E-state index in [0.717, 1.165) is 0 Å². The first-order valence-electron chi connectivity index (χ1n) is 5.39. The minimum atomic E-state index is 0.170. The van der Waals surface area contributed by atoms with Crippen molar-refractivity contribution in [2.75, 3.05) is 0 Å². The summed E-state index contributed by atoms with van der Waals surface area (Å²) >= 11 is 0. The fourth-order valence-electron chi connectivity index (χ4n) is 3.19. The Hall–Kier alpha value is -0.860. The van der Waals surface area contributed by atoms with Gasteiger partial charge in [0.1, 0.15) is 0 Å². The Labute approximate surface area is 84.3 Å². The minimum Gasteiger partial charge on any atom is -0.326 e. The summed E-state index contributed by atoms with van der Waals surface area (Å²) in [5, 5.41) is 0. The summed E-state index contributed by atoms with van der Waals surface area (Å²) in [6.07, 6.45) is 2.44. The van der Waals surface area contributed by atoms with Crippen molar-refractivity contribution < 1.29 is 0 Å². The lowest BCUT2D eigenvalue weighted by Gasteiger charge is -2.46. The lowest BCUT2D eigenvalue weighted by Crippen LogP contribution is -2.55. The third-order valence-corrected chi connectivity index (χ3v) is 3.96. The molecule has 1 saturated carbocycles. The second kappa shape index (κ2) is 2.81. The molecule has 0 aliphatic heterocycles. The van der Waals surface area contributed by atoms with Gasteiger partial charge in [-0.15, -0.1) is 0 Å². The molecule has 4 unspecified atom stereocenters. The van der Waals surface area contributed by atoms with Crippen LogP contribution in [0.4, 0.5) is 0 Å². The predicted octanol–water partition coefficient (Wildman–Crippen LogP) is 1.32. The van der Waals surface area contributed by atoms with E-state index in [9.17, 15) is 0 Å². The third kappa shape index (κ3) is 0.928. The van der Waals surface area contributed by atoms with Gasteiger partial charge in [0.2, 0.25) is 0 Å². The highest BCUT2D eigenvalue weighted by molar-refractivity contribution is 5.41. The highest BCUT2D eigenvalue weighted by Crippen LogP contribution is 2.47. The molecule has 0 spiro atoms. The van der Waals surface area contributed by atoms with Crippen molar-refractivity contribution in [3.05, 3.63) is 35.4 Å². The van der Waals surface area contributed by atoms with Crippen molar-refractivity contribution in [1.29, 1.82) is 0 Å². The quantitative estimate of drug-likeness (QED) is 0.645. The molecular formula is C12H16N2. The summed E-state index contributed by atoms with van der Waals surface area (Å²) in [4.78, 5) is 0. The van der Waals surface area contributed by atoms with Gasteiger partial charge in [-0.2, -0.15) is 0 Å². The van der Waals surface area contributed by atoms with Gasteiger partial charge in [0.15, 0.2) is 0 Å². The van der Waals surface area contributed by atoms with Gasteiger partial charge in [0.25, 0.3) is 0 Å². The fourth-order valence-corrected chi connectivity index (χ4v) is 3.19. The second-order valence-electron chi connectivity index (χ2n) is 4.57. The zero-order chi connectivity index (χ0) is 9.71. The smallest absolute Gasteiger partial charge is 0.0268 e. The summed E-state index contributed by atoms with van der Waals surface area (Å²) in [6.45, 7) is 0. The maximum Gasteiger partial charge on any atom is 0.0268 e. The summed E-state index contributed by atoms with van der Waals surface area (Å²) in [5.74, 6) is 1.01. The van der Waals surface area contributed by atoms with Crippen molar-refractivity contribution in [2.45, 2.75) is 36.8 Å². The van der Waals surface area contributed by atoms with E-state index in [1.807, 2.05) is 0 Å². The summed E-state index contributed by atoms with van der Waals surface area (Å²) < 4.78 is 0. The lowest BCUT2D eigenvalue weighted by molar-refractivity contribution is 0.271. The van der Waals surface area contributed by atoms with E-state index in [4.69, 9.17) is 11.5 Å². The zero-order valence-electron chi connectivity index (χ0n) is 8.19. The van der Waals surface area contributed by atoms with Gasteiger partial charge in [0.05, 0.1) is 0 Å². The zero-order valence-corrected chi connectivity index (χ0v) is 8.19. The van der Waals surface area contributed by atoms with Gasteiger partial charge in [-0.3, -0.25) is 0 Å². The van der Waals surface area contributed by atoms with E-state index in [2.05, 4.69) is 24.3 Å². The number of rotatable bonds is 0. The van der Waals surface area contributed by atoms with Crippen molar-refractivity contribution in [2.24, 2.45) is 11.5 Å². The molecule has 74 valence electrons. The Morgan fingerprint density at radius 2 is 1.29 bits per heavy atom. The van der Waals surface area contributed by atoms with Crippen LogP contribution in [0.5, 0.6) is 0 Å². The molecule has 0 amide bonds. The van der Waals surface area contributed by atoms with Crippen LogP contribution in [0.15, 0.2) is 24.3 Å². The molecule has 2 nitrogen and oxygen atoms in total. The Kier molecular flexibility index (Phi) is 1.70. The van der Waals surface area contributed by atoms with Crippen LogP contribution in [0.1, 0.15) is 35.8 Å². The summed E-state index contributed by atoms with van der Waals surface area (Å²) in [7, 11) is 0. The van der Waals surface area contributed by atoms with E-state index in [-0.39, 0.29) is 12.1 Å². The summed E-state index contributed by atoms with van der Waals surface area (Å²) in [6, 6.07) is 9.00. The van der Waals surface area contributed by atoms with E-state index in [0.29, 0.717) is 11.8 Å². The molecule has 0 aromatic heterocycles. The molecule has 4 atom stereocenters. The molecule has 0 heterocycles. The summed E-state index contributed by atoms with van der Waals surface area (Å²) in [5.41, 5.74) is 15.2. The number of hydrogen-bond donors (Lipinski definition) is 2. The molecule has 3 aliphatic rings. The topological polar surface area (TPSA) is 52.0 Å². The standard InChI is InChI=1S/C12H16N2/c13-11-9-5-6-10(12(11)14)8-4-2-1-3-7(8)9/h1-4,9-12H,5-6,13-14H2. The van der Waals surface area contributed by atoms with Crippen molar-refractivity contribution in [1.82, 2.24) is 0 Å². The minimum absolute atomic E-state index is 0.170. The van der Waals surface area contributed by atoms with Crippen molar-refractivity contribution >= 4 is 0 Å². The van der Waals surface area contributed by atoms with Crippen LogP contribution < -0.4 is 11.5 Å². The van der Waals surface area contributed by atoms with Gasteiger partial charge in [0, 0.05) is 23.9 Å². The Morgan fingerprint density at radius 3 is 1.71 bits per heavy atom. The molecule has 4 rings (SSSR count). The molecular weight excluding hydrogens is 172 g/mol. The van der Waals surface area contributed by atoms with Gasteiger partial charge in [-0.05, 0) is 24.0 Å². The number of benzene rings is 1. The van der Waals surface area contributed by atoms with E-state index in [1.165, 1.54) is 24.0 Å². The molecule has 1 aromatic rings. The molecule has 2 bridgehead atoms. The van der Waals surface area contributed by atoms with Crippen LogP contribution in [0.25, 0.3) is 0 Å². The van der Waals surface area contributed by atoms with E-state index in [1.54, 1.807) is 0 Å². The average Bonchev–Trinajstić information content (AvgIpc) is 2.24. The Bertz CT molecular complexity index is 326. The van der Waals surface area contributed by atoms with Crippen LogP contribution in [0.2, 0.25) is 0 Å². The Balaban J connectivity index is 2.17. The van der Waals surface area contributed by atoms with Crippen LogP contribution in [0.3, 0.4) is 0 Å². The first-order valence-corrected chi connectivity index (χ1v) is 5.39. The molecule has 3 aliphatic carbocycles. The average molecular weight is 188 g/mol.